The summed E-state index contributed by atoms with van der Waals surface area (Å²) >= 11 is 1.98. The van der Waals surface area contributed by atoms with Crippen molar-refractivity contribution >= 4 is 17.7 Å². The Morgan fingerprint density at radius 3 is 2.80 bits per heavy atom. The minimum absolute atomic E-state index is 0.0775. The zero-order chi connectivity index (χ0) is 11.3. The average molecular weight is 230 g/mol. The normalized spacial score (nSPS) is 22.5. The lowest BCUT2D eigenvalue weighted by atomic mass is 10.0. The number of thioether (sulfide) groups is 1. The van der Waals surface area contributed by atoms with Crippen LogP contribution in [0.15, 0.2) is 0 Å². The average Bonchev–Trinajstić information content (AvgIpc) is 2.14. The number of carbonyl (C=O) groups excluding carboxylic acids is 1. The fourth-order valence-corrected chi connectivity index (χ4v) is 2.91. The number of rotatable bonds is 4. The minimum atomic E-state index is -0.399. The summed E-state index contributed by atoms with van der Waals surface area (Å²) in [6.07, 6.45) is 4.27. The van der Waals surface area contributed by atoms with Crippen LogP contribution in [-0.2, 0) is 4.79 Å². The summed E-state index contributed by atoms with van der Waals surface area (Å²) in [5, 5.41) is 3.58. The van der Waals surface area contributed by atoms with Crippen molar-refractivity contribution in [2.45, 2.75) is 50.3 Å². The molecule has 3 N–H and O–H groups in total. The molecule has 1 saturated heterocycles. The van der Waals surface area contributed by atoms with Crippen LogP contribution in [0, 0.1) is 0 Å². The van der Waals surface area contributed by atoms with Crippen molar-refractivity contribution in [3.63, 3.8) is 0 Å². The van der Waals surface area contributed by atoms with Crippen LogP contribution >= 0.6 is 11.8 Å². The number of carbonyl (C=O) groups is 1. The van der Waals surface area contributed by atoms with Gasteiger partial charge in [0.25, 0.3) is 0 Å². The van der Waals surface area contributed by atoms with Crippen molar-refractivity contribution in [2.24, 2.45) is 5.73 Å². The van der Waals surface area contributed by atoms with Crippen molar-refractivity contribution in [2.75, 3.05) is 12.3 Å². The van der Waals surface area contributed by atoms with Crippen LogP contribution < -0.4 is 11.1 Å². The van der Waals surface area contributed by atoms with Crippen LogP contribution in [-0.4, -0.2) is 29.0 Å². The molecule has 1 aliphatic rings. The Morgan fingerprint density at radius 2 is 2.27 bits per heavy atom. The molecule has 1 fully saturated rings. The largest absolute Gasteiger partial charge is 0.355 e. The molecule has 0 radical (unpaired) electrons. The highest BCUT2D eigenvalue weighted by Gasteiger charge is 2.18. The highest BCUT2D eigenvalue weighted by molar-refractivity contribution is 7.99. The molecule has 0 aromatic carbocycles. The molecule has 1 aliphatic heterocycles. The molecular weight excluding hydrogens is 208 g/mol. The maximum atomic E-state index is 11.5. The third-order valence-corrected chi connectivity index (χ3v) is 3.82. The van der Waals surface area contributed by atoms with Crippen molar-refractivity contribution in [1.29, 1.82) is 0 Å². The summed E-state index contributed by atoms with van der Waals surface area (Å²) < 4.78 is 0. The van der Waals surface area contributed by atoms with Gasteiger partial charge in [-0.15, -0.1) is 0 Å². The first-order valence-corrected chi connectivity index (χ1v) is 6.69. The number of amides is 1. The topological polar surface area (TPSA) is 55.1 Å². The van der Waals surface area contributed by atoms with Gasteiger partial charge in [0.15, 0.2) is 0 Å². The minimum Gasteiger partial charge on any atom is -0.355 e. The van der Waals surface area contributed by atoms with Gasteiger partial charge in [-0.2, -0.15) is 11.8 Å². The van der Waals surface area contributed by atoms with Gasteiger partial charge in [0.05, 0.1) is 0 Å². The molecule has 4 heteroatoms. The molecule has 0 aromatic heterocycles. The Hall–Kier alpha value is -0.220. The molecule has 15 heavy (non-hydrogen) atoms. The smallest absolute Gasteiger partial charge is 0.221 e. The molecule has 0 aliphatic carbocycles. The van der Waals surface area contributed by atoms with E-state index < -0.39 is 5.54 Å². The number of nitrogens with two attached hydrogens (primary N) is 1. The highest BCUT2D eigenvalue weighted by atomic mass is 32.2. The first-order valence-electron chi connectivity index (χ1n) is 5.64. The molecule has 0 spiro atoms. The fraction of sp³-hybridized carbons (Fsp3) is 0.909. The maximum absolute atomic E-state index is 11.5. The molecule has 0 saturated carbocycles. The summed E-state index contributed by atoms with van der Waals surface area (Å²) in [5.41, 5.74) is 5.38. The Kier molecular flexibility index (Phi) is 4.93. The van der Waals surface area contributed by atoms with Crippen LogP contribution in [0.25, 0.3) is 0 Å². The van der Waals surface area contributed by atoms with E-state index in [4.69, 9.17) is 5.73 Å². The monoisotopic (exact) mass is 230 g/mol. The highest BCUT2D eigenvalue weighted by Crippen LogP contribution is 2.24. The van der Waals surface area contributed by atoms with Gasteiger partial charge < -0.3 is 11.1 Å². The second-order valence-electron chi connectivity index (χ2n) is 4.96. The molecule has 1 rings (SSSR count). The van der Waals surface area contributed by atoms with Gasteiger partial charge >= 0.3 is 0 Å². The first-order chi connectivity index (χ1) is 6.97. The number of hydrogen-bond donors (Lipinski definition) is 2. The summed E-state index contributed by atoms with van der Waals surface area (Å²) in [6.45, 7) is 4.56. The molecular formula is C11H22N2OS. The second-order valence-corrected chi connectivity index (χ2v) is 6.37. The zero-order valence-electron chi connectivity index (χ0n) is 9.71. The quantitative estimate of drug-likeness (QED) is 0.770. The van der Waals surface area contributed by atoms with E-state index in [2.05, 4.69) is 5.32 Å². The van der Waals surface area contributed by atoms with Crippen molar-refractivity contribution in [3.8, 4) is 0 Å². The van der Waals surface area contributed by atoms with E-state index in [1.165, 1.54) is 25.0 Å². The maximum Gasteiger partial charge on any atom is 0.221 e. The molecule has 1 heterocycles. The van der Waals surface area contributed by atoms with E-state index in [-0.39, 0.29) is 5.91 Å². The van der Waals surface area contributed by atoms with E-state index in [0.29, 0.717) is 11.7 Å². The molecule has 1 unspecified atom stereocenters. The van der Waals surface area contributed by atoms with Gasteiger partial charge in [0, 0.05) is 23.8 Å². The van der Waals surface area contributed by atoms with Crippen LogP contribution in [0.1, 0.15) is 39.5 Å². The zero-order valence-corrected chi connectivity index (χ0v) is 10.5. The number of hydrogen-bond acceptors (Lipinski definition) is 3. The Balaban J connectivity index is 2.15. The van der Waals surface area contributed by atoms with Crippen LogP contribution in [0.3, 0.4) is 0 Å². The number of nitrogens with one attached hydrogen (secondary N) is 1. The molecule has 1 amide bonds. The van der Waals surface area contributed by atoms with Gasteiger partial charge in [-0.25, -0.2) is 0 Å². The van der Waals surface area contributed by atoms with Crippen molar-refractivity contribution in [3.05, 3.63) is 0 Å². The third-order valence-electron chi connectivity index (χ3n) is 2.42. The molecule has 0 aromatic rings. The lowest BCUT2D eigenvalue weighted by Crippen LogP contribution is -2.41. The van der Waals surface area contributed by atoms with Gasteiger partial charge in [-0.3, -0.25) is 4.79 Å². The van der Waals surface area contributed by atoms with Gasteiger partial charge in [-0.05, 0) is 32.4 Å². The molecule has 3 nitrogen and oxygen atoms in total. The van der Waals surface area contributed by atoms with Crippen molar-refractivity contribution in [1.82, 2.24) is 5.32 Å². The van der Waals surface area contributed by atoms with Crippen molar-refractivity contribution < 1.29 is 4.79 Å². The lowest BCUT2D eigenvalue weighted by Gasteiger charge is -2.23. The van der Waals surface area contributed by atoms with E-state index in [1.54, 1.807) is 0 Å². The molecule has 88 valence electrons. The summed E-state index contributed by atoms with van der Waals surface area (Å²) in [6, 6.07) is 0. The predicted molar refractivity (Wildman–Crippen MR) is 66.0 cm³/mol. The third kappa shape index (κ3) is 6.05. The Morgan fingerprint density at radius 1 is 1.53 bits per heavy atom. The van der Waals surface area contributed by atoms with Gasteiger partial charge in [0.2, 0.25) is 5.91 Å². The van der Waals surface area contributed by atoms with E-state index in [1.807, 2.05) is 25.6 Å². The first kappa shape index (κ1) is 12.8. The lowest BCUT2D eigenvalue weighted by molar-refractivity contribution is -0.121. The SMILES string of the molecule is CC(C)(N)CC(=O)NCC1CCCCS1. The van der Waals surface area contributed by atoms with E-state index in [9.17, 15) is 4.79 Å². The Bertz CT molecular complexity index is 207. The standard InChI is InChI=1S/C11H22N2OS/c1-11(2,12)7-10(14)13-8-9-5-3-4-6-15-9/h9H,3-8,12H2,1-2H3,(H,13,14). The van der Waals surface area contributed by atoms with Gasteiger partial charge in [-0.1, -0.05) is 6.42 Å². The Labute approximate surface area is 96.6 Å². The van der Waals surface area contributed by atoms with Crippen LogP contribution in [0.4, 0.5) is 0 Å². The van der Waals surface area contributed by atoms with Gasteiger partial charge in [0.1, 0.15) is 0 Å². The predicted octanol–water partition coefficient (Wildman–Crippen LogP) is 1.52. The van der Waals surface area contributed by atoms with E-state index >= 15 is 0 Å². The second kappa shape index (κ2) is 5.75. The summed E-state index contributed by atoms with van der Waals surface area (Å²) in [5.74, 6) is 1.32. The van der Waals surface area contributed by atoms with Crippen LogP contribution in [0.5, 0.6) is 0 Å². The molecule has 1 atom stereocenters. The molecule has 0 bridgehead atoms. The summed E-state index contributed by atoms with van der Waals surface area (Å²) in [4.78, 5) is 11.5. The van der Waals surface area contributed by atoms with E-state index in [0.717, 1.165) is 6.54 Å². The summed E-state index contributed by atoms with van der Waals surface area (Å²) in [7, 11) is 0. The fourth-order valence-electron chi connectivity index (χ4n) is 1.67. The van der Waals surface area contributed by atoms with Crippen LogP contribution in [0.2, 0.25) is 0 Å².